The summed E-state index contributed by atoms with van der Waals surface area (Å²) in [6.45, 7) is 2.17. The zero-order chi connectivity index (χ0) is 9.10. The van der Waals surface area contributed by atoms with E-state index in [0.29, 0.717) is 0 Å². The quantitative estimate of drug-likeness (QED) is 0.714. The highest BCUT2D eigenvalue weighted by molar-refractivity contribution is 5.59. The Kier molecular flexibility index (Phi) is 2.17. The van der Waals surface area contributed by atoms with Gasteiger partial charge in [-0.15, -0.1) is 0 Å². The van der Waals surface area contributed by atoms with Crippen LogP contribution in [0.3, 0.4) is 0 Å². The van der Waals surface area contributed by atoms with Crippen molar-refractivity contribution in [1.29, 1.82) is 0 Å². The molecule has 0 aliphatic heterocycles. The topological polar surface area (TPSA) is 15.8 Å². The van der Waals surface area contributed by atoms with Gasteiger partial charge in [-0.1, -0.05) is 31.2 Å². The molecule has 66 valence electrons. The maximum Gasteiger partial charge on any atom is 0.0453 e. The van der Waals surface area contributed by atoms with Crippen molar-refractivity contribution in [3.05, 3.63) is 48.2 Å². The van der Waals surface area contributed by atoms with Crippen molar-refractivity contribution in [2.24, 2.45) is 0 Å². The molecule has 2 rings (SSSR count). The number of aromatic nitrogens is 1. The Balaban J connectivity index is 2.33. The zero-order valence-corrected chi connectivity index (χ0v) is 7.75. The van der Waals surface area contributed by atoms with E-state index in [-0.39, 0.29) is 0 Å². The number of H-pyrrole nitrogens is 1. The lowest BCUT2D eigenvalue weighted by Gasteiger charge is -1.99. The minimum Gasteiger partial charge on any atom is -0.361 e. The molecule has 0 saturated carbocycles. The predicted molar refractivity (Wildman–Crippen MR) is 55.6 cm³/mol. The molecule has 0 spiro atoms. The molecule has 1 nitrogen and oxygen atoms in total. The van der Waals surface area contributed by atoms with Gasteiger partial charge in [-0.05, 0) is 29.7 Å². The first kappa shape index (κ1) is 8.11. The molecule has 1 heterocycles. The van der Waals surface area contributed by atoms with Gasteiger partial charge in [0.15, 0.2) is 0 Å². The lowest BCUT2D eigenvalue weighted by atomic mass is 10.1. The van der Waals surface area contributed by atoms with Crippen molar-refractivity contribution in [1.82, 2.24) is 4.98 Å². The monoisotopic (exact) mass is 171 g/mol. The van der Waals surface area contributed by atoms with Crippen LogP contribution in [0, 0.1) is 0 Å². The molecule has 1 N–H and O–H groups in total. The molecule has 0 amide bonds. The van der Waals surface area contributed by atoms with Crippen LogP contribution in [0.25, 0.3) is 11.3 Å². The Morgan fingerprint density at radius 1 is 1.08 bits per heavy atom. The van der Waals surface area contributed by atoms with Crippen LogP contribution in [0.4, 0.5) is 0 Å². The van der Waals surface area contributed by atoms with Crippen LogP contribution in [-0.4, -0.2) is 4.98 Å². The van der Waals surface area contributed by atoms with Crippen LogP contribution >= 0.6 is 0 Å². The van der Waals surface area contributed by atoms with Gasteiger partial charge in [-0.25, -0.2) is 0 Å². The second-order valence-electron chi connectivity index (χ2n) is 3.13. The van der Waals surface area contributed by atoms with Crippen LogP contribution in [0.2, 0.25) is 0 Å². The molecule has 0 atom stereocenters. The predicted octanol–water partition coefficient (Wildman–Crippen LogP) is 3.24. The van der Waals surface area contributed by atoms with Gasteiger partial charge in [0.2, 0.25) is 0 Å². The summed E-state index contributed by atoms with van der Waals surface area (Å²) in [5, 5.41) is 0. The highest BCUT2D eigenvalue weighted by Crippen LogP contribution is 2.17. The fourth-order valence-electron chi connectivity index (χ4n) is 1.43. The van der Waals surface area contributed by atoms with E-state index in [1.165, 1.54) is 16.8 Å². The number of aromatic amines is 1. The summed E-state index contributed by atoms with van der Waals surface area (Å²) < 4.78 is 0. The smallest absolute Gasteiger partial charge is 0.0453 e. The molecule has 1 aromatic heterocycles. The molecule has 0 aliphatic carbocycles. The first-order valence-corrected chi connectivity index (χ1v) is 4.63. The van der Waals surface area contributed by atoms with Gasteiger partial charge >= 0.3 is 0 Å². The minimum atomic E-state index is 1.10. The van der Waals surface area contributed by atoms with E-state index in [9.17, 15) is 0 Å². The fourth-order valence-corrected chi connectivity index (χ4v) is 1.43. The zero-order valence-electron chi connectivity index (χ0n) is 7.75. The number of benzene rings is 1. The molecule has 0 unspecified atom stereocenters. The average molecular weight is 171 g/mol. The highest BCUT2D eigenvalue weighted by atomic mass is 14.7. The molecule has 1 aromatic carbocycles. The van der Waals surface area contributed by atoms with Gasteiger partial charge in [0, 0.05) is 11.9 Å². The second-order valence-corrected chi connectivity index (χ2v) is 3.13. The number of aryl methyl sites for hydroxylation is 1. The third kappa shape index (κ3) is 1.64. The Morgan fingerprint density at radius 3 is 2.38 bits per heavy atom. The van der Waals surface area contributed by atoms with Crippen molar-refractivity contribution < 1.29 is 0 Å². The molecule has 0 fully saturated rings. The maximum absolute atomic E-state index is 3.19. The molecule has 13 heavy (non-hydrogen) atoms. The van der Waals surface area contributed by atoms with Crippen LogP contribution in [0.15, 0.2) is 42.6 Å². The summed E-state index contributed by atoms with van der Waals surface area (Å²) in [6.07, 6.45) is 3.05. The highest BCUT2D eigenvalue weighted by Gasteiger charge is 1.96. The molecule has 1 heteroatoms. The summed E-state index contributed by atoms with van der Waals surface area (Å²) in [5.41, 5.74) is 3.82. The average Bonchev–Trinajstić information content (AvgIpc) is 2.71. The van der Waals surface area contributed by atoms with E-state index in [2.05, 4.69) is 42.2 Å². The normalized spacial score (nSPS) is 10.2. The summed E-state index contributed by atoms with van der Waals surface area (Å²) in [7, 11) is 0. The van der Waals surface area contributed by atoms with Gasteiger partial charge in [-0.2, -0.15) is 0 Å². The van der Waals surface area contributed by atoms with Crippen molar-refractivity contribution in [2.75, 3.05) is 0 Å². The Morgan fingerprint density at radius 2 is 1.85 bits per heavy atom. The molecular formula is C12H13N. The lowest BCUT2D eigenvalue weighted by Crippen LogP contribution is -1.80. The second kappa shape index (κ2) is 3.48. The first-order chi connectivity index (χ1) is 6.40. The van der Waals surface area contributed by atoms with Gasteiger partial charge in [0.1, 0.15) is 0 Å². The number of hydrogen-bond acceptors (Lipinski definition) is 0. The maximum atomic E-state index is 3.19. The third-order valence-corrected chi connectivity index (χ3v) is 2.27. The van der Waals surface area contributed by atoms with Crippen LogP contribution in [0.5, 0.6) is 0 Å². The van der Waals surface area contributed by atoms with Gasteiger partial charge < -0.3 is 4.98 Å². The number of nitrogens with one attached hydrogen (secondary N) is 1. The molecule has 0 saturated heterocycles. The number of hydrogen-bond donors (Lipinski definition) is 1. The molecule has 0 aliphatic rings. The lowest BCUT2D eigenvalue weighted by molar-refractivity contribution is 1.14. The van der Waals surface area contributed by atoms with E-state index in [1.807, 2.05) is 12.3 Å². The van der Waals surface area contributed by atoms with E-state index >= 15 is 0 Å². The van der Waals surface area contributed by atoms with Gasteiger partial charge in [0.05, 0.1) is 0 Å². The van der Waals surface area contributed by atoms with Crippen molar-refractivity contribution in [3.63, 3.8) is 0 Å². The Hall–Kier alpha value is -1.50. The van der Waals surface area contributed by atoms with Crippen LogP contribution < -0.4 is 0 Å². The van der Waals surface area contributed by atoms with Crippen molar-refractivity contribution >= 4 is 0 Å². The molecular weight excluding hydrogens is 158 g/mol. The Labute approximate surface area is 78.4 Å². The largest absolute Gasteiger partial charge is 0.361 e. The molecule has 0 bridgehead atoms. The van der Waals surface area contributed by atoms with E-state index in [4.69, 9.17) is 0 Å². The van der Waals surface area contributed by atoms with Crippen molar-refractivity contribution in [3.8, 4) is 11.3 Å². The van der Waals surface area contributed by atoms with E-state index in [1.54, 1.807) is 0 Å². The fraction of sp³-hybridized carbons (Fsp3) is 0.167. The number of rotatable bonds is 2. The Bertz CT molecular complexity index is 357. The van der Waals surface area contributed by atoms with Crippen molar-refractivity contribution in [2.45, 2.75) is 13.3 Å². The van der Waals surface area contributed by atoms with Gasteiger partial charge in [0.25, 0.3) is 0 Å². The standard InChI is InChI=1S/C12H13N/c1-2-10-5-7-11(8-6-10)12-4-3-9-13-12/h3-9,13H,2H2,1H3. The summed E-state index contributed by atoms with van der Waals surface area (Å²) in [4.78, 5) is 3.19. The van der Waals surface area contributed by atoms with Gasteiger partial charge in [-0.3, -0.25) is 0 Å². The minimum absolute atomic E-state index is 1.10. The SMILES string of the molecule is CCc1ccc(-c2ccc[nH]2)cc1. The van der Waals surface area contributed by atoms with E-state index < -0.39 is 0 Å². The third-order valence-electron chi connectivity index (χ3n) is 2.27. The molecule has 2 aromatic rings. The summed E-state index contributed by atoms with van der Waals surface area (Å²) in [6, 6.07) is 12.8. The summed E-state index contributed by atoms with van der Waals surface area (Å²) in [5.74, 6) is 0. The summed E-state index contributed by atoms with van der Waals surface area (Å²) >= 11 is 0. The van der Waals surface area contributed by atoms with E-state index in [0.717, 1.165) is 6.42 Å². The van der Waals surface area contributed by atoms with Crippen LogP contribution in [-0.2, 0) is 6.42 Å². The first-order valence-electron chi connectivity index (χ1n) is 4.63. The molecule has 0 radical (unpaired) electrons. The van der Waals surface area contributed by atoms with Crippen LogP contribution in [0.1, 0.15) is 12.5 Å².